The van der Waals surface area contributed by atoms with E-state index < -0.39 is 0 Å². The summed E-state index contributed by atoms with van der Waals surface area (Å²) in [4.78, 5) is 2.32. The number of ether oxygens (including phenoxy) is 1. The highest BCUT2D eigenvalue weighted by Crippen LogP contribution is 2.33. The average Bonchev–Trinajstić information content (AvgIpc) is 2.78. The third kappa shape index (κ3) is 2.91. The van der Waals surface area contributed by atoms with Crippen molar-refractivity contribution in [3.63, 3.8) is 0 Å². The molecule has 1 heterocycles. The predicted molar refractivity (Wildman–Crippen MR) is 74.4 cm³/mol. The zero-order valence-corrected chi connectivity index (χ0v) is 11.4. The summed E-state index contributed by atoms with van der Waals surface area (Å²) in [5, 5.41) is 13.1. The van der Waals surface area contributed by atoms with Gasteiger partial charge in [0.25, 0.3) is 0 Å². The molecule has 1 aliphatic heterocycles. The van der Waals surface area contributed by atoms with Crippen LogP contribution in [0.5, 0.6) is 5.75 Å². The number of fused-ring (bicyclic) bond motifs is 1. The second kappa shape index (κ2) is 5.49. The molecule has 19 heavy (non-hydrogen) atoms. The van der Waals surface area contributed by atoms with E-state index in [-0.39, 0.29) is 0 Å². The van der Waals surface area contributed by atoms with Crippen LogP contribution in [0.3, 0.4) is 0 Å². The minimum Gasteiger partial charge on any atom is -0.508 e. The standard InChI is InChI=1S/C15H22N2O2/c1-17-6-7-19-13(10-17)9-16-15-5-2-11-8-12(18)3-4-14(11)15/h3-4,8,13,15-16,18H,2,5-7,9-10H2,1H3. The highest BCUT2D eigenvalue weighted by atomic mass is 16.5. The lowest BCUT2D eigenvalue weighted by Crippen LogP contribution is -2.45. The van der Waals surface area contributed by atoms with E-state index >= 15 is 0 Å². The molecule has 4 nitrogen and oxygen atoms in total. The van der Waals surface area contributed by atoms with Crippen LogP contribution < -0.4 is 5.32 Å². The van der Waals surface area contributed by atoms with E-state index in [1.54, 1.807) is 6.07 Å². The van der Waals surface area contributed by atoms with Gasteiger partial charge in [-0.25, -0.2) is 0 Å². The lowest BCUT2D eigenvalue weighted by Gasteiger charge is -2.31. The Morgan fingerprint density at radius 1 is 1.47 bits per heavy atom. The summed E-state index contributed by atoms with van der Waals surface area (Å²) in [6, 6.07) is 6.13. The van der Waals surface area contributed by atoms with Crippen molar-refractivity contribution in [1.29, 1.82) is 0 Å². The van der Waals surface area contributed by atoms with Crippen molar-refractivity contribution < 1.29 is 9.84 Å². The number of aryl methyl sites for hydroxylation is 1. The third-order valence-electron chi connectivity index (χ3n) is 4.14. The molecular formula is C15H22N2O2. The van der Waals surface area contributed by atoms with Gasteiger partial charge in [-0.1, -0.05) is 6.07 Å². The predicted octanol–water partition coefficient (Wildman–Crippen LogP) is 1.30. The third-order valence-corrected chi connectivity index (χ3v) is 4.14. The Morgan fingerprint density at radius 3 is 3.21 bits per heavy atom. The van der Waals surface area contributed by atoms with Gasteiger partial charge in [-0.15, -0.1) is 0 Å². The van der Waals surface area contributed by atoms with Gasteiger partial charge < -0.3 is 20.1 Å². The molecular weight excluding hydrogens is 240 g/mol. The van der Waals surface area contributed by atoms with E-state index in [1.165, 1.54) is 11.1 Å². The zero-order valence-electron chi connectivity index (χ0n) is 11.4. The fourth-order valence-electron chi connectivity index (χ4n) is 3.08. The number of hydrogen-bond donors (Lipinski definition) is 2. The van der Waals surface area contributed by atoms with Crippen LogP contribution in [-0.4, -0.2) is 49.4 Å². The van der Waals surface area contributed by atoms with Gasteiger partial charge in [-0.05, 0) is 43.1 Å². The minimum absolute atomic E-state index is 0.292. The van der Waals surface area contributed by atoms with Gasteiger partial charge in [-0.2, -0.15) is 0 Å². The number of nitrogens with one attached hydrogen (secondary N) is 1. The number of rotatable bonds is 3. The van der Waals surface area contributed by atoms with E-state index in [1.807, 2.05) is 12.1 Å². The van der Waals surface area contributed by atoms with E-state index in [9.17, 15) is 5.11 Å². The van der Waals surface area contributed by atoms with Crippen LogP contribution in [0.4, 0.5) is 0 Å². The maximum atomic E-state index is 9.50. The molecule has 1 aromatic carbocycles. The SMILES string of the molecule is CN1CCOC(CNC2CCc3cc(O)ccc32)C1. The van der Waals surface area contributed by atoms with Crippen molar-refractivity contribution in [1.82, 2.24) is 10.2 Å². The quantitative estimate of drug-likeness (QED) is 0.862. The van der Waals surface area contributed by atoms with Gasteiger partial charge in [0.2, 0.25) is 0 Å². The zero-order chi connectivity index (χ0) is 13.2. The second-order valence-electron chi connectivity index (χ2n) is 5.64. The van der Waals surface area contributed by atoms with Crippen molar-refractivity contribution in [2.24, 2.45) is 0 Å². The lowest BCUT2D eigenvalue weighted by molar-refractivity contribution is -0.0192. The van der Waals surface area contributed by atoms with E-state index in [4.69, 9.17) is 4.74 Å². The summed E-state index contributed by atoms with van der Waals surface area (Å²) >= 11 is 0. The van der Waals surface area contributed by atoms with Crippen LogP contribution >= 0.6 is 0 Å². The topological polar surface area (TPSA) is 44.7 Å². The Balaban J connectivity index is 1.57. The van der Waals surface area contributed by atoms with Crippen LogP contribution in [0.25, 0.3) is 0 Å². The Hall–Kier alpha value is -1.10. The first kappa shape index (κ1) is 12.9. The van der Waals surface area contributed by atoms with Crippen molar-refractivity contribution in [2.45, 2.75) is 25.0 Å². The van der Waals surface area contributed by atoms with Crippen molar-refractivity contribution in [3.05, 3.63) is 29.3 Å². The van der Waals surface area contributed by atoms with Crippen molar-refractivity contribution in [3.8, 4) is 5.75 Å². The molecule has 4 heteroatoms. The molecule has 0 aromatic heterocycles. The van der Waals surface area contributed by atoms with E-state index in [2.05, 4.69) is 17.3 Å². The molecule has 0 radical (unpaired) electrons. The number of aromatic hydroxyl groups is 1. The van der Waals surface area contributed by atoms with Gasteiger partial charge in [0, 0.05) is 25.7 Å². The Kier molecular flexibility index (Phi) is 3.73. The molecule has 1 aromatic rings. The highest BCUT2D eigenvalue weighted by molar-refractivity contribution is 5.40. The number of hydrogen-bond acceptors (Lipinski definition) is 4. The normalized spacial score (nSPS) is 27.4. The summed E-state index contributed by atoms with van der Waals surface area (Å²) in [7, 11) is 2.14. The molecule has 0 amide bonds. The van der Waals surface area contributed by atoms with Crippen LogP contribution in [-0.2, 0) is 11.2 Å². The summed E-state index contributed by atoms with van der Waals surface area (Å²) in [5.41, 5.74) is 2.61. The number of nitrogens with zero attached hydrogens (tertiary/aromatic N) is 1. The Bertz CT molecular complexity index is 450. The molecule has 1 aliphatic carbocycles. The first-order chi connectivity index (χ1) is 9.22. The summed E-state index contributed by atoms with van der Waals surface area (Å²) in [5.74, 6) is 0.372. The number of morpholine rings is 1. The fourth-order valence-corrected chi connectivity index (χ4v) is 3.08. The van der Waals surface area contributed by atoms with Crippen LogP contribution in [0.1, 0.15) is 23.6 Å². The monoisotopic (exact) mass is 262 g/mol. The fraction of sp³-hybridized carbons (Fsp3) is 0.600. The Labute approximate surface area is 114 Å². The maximum absolute atomic E-state index is 9.50. The number of phenols is 1. The van der Waals surface area contributed by atoms with Gasteiger partial charge in [0.15, 0.2) is 0 Å². The Morgan fingerprint density at radius 2 is 2.37 bits per heavy atom. The first-order valence-electron chi connectivity index (χ1n) is 7.07. The van der Waals surface area contributed by atoms with Gasteiger partial charge in [-0.3, -0.25) is 0 Å². The maximum Gasteiger partial charge on any atom is 0.115 e. The van der Waals surface area contributed by atoms with E-state index in [0.29, 0.717) is 17.9 Å². The summed E-state index contributed by atoms with van der Waals surface area (Å²) in [6.07, 6.45) is 2.45. The number of benzene rings is 1. The molecule has 0 saturated carbocycles. The molecule has 2 atom stereocenters. The molecule has 0 spiro atoms. The average molecular weight is 262 g/mol. The molecule has 0 bridgehead atoms. The van der Waals surface area contributed by atoms with Crippen LogP contribution in [0, 0.1) is 0 Å². The minimum atomic E-state index is 0.292. The number of likely N-dealkylation sites (N-methyl/N-ethyl adjacent to an activating group) is 1. The van der Waals surface area contributed by atoms with Crippen molar-refractivity contribution >= 4 is 0 Å². The molecule has 2 aliphatic rings. The second-order valence-corrected chi connectivity index (χ2v) is 5.64. The largest absolute Gasteiger partial charge is 0.508 e. The molecule has 1 saturated heterocycles. The van der Waals surface area contributed by atoms with Gasteiger partial charge in [0.05, 0.1) is 12.7 Å². The van der Waals surface area contributed by atoms with E-state index in [0.717, 1.165) is 39.1 Å². The molecule has 2 N–H and O–H groups in total. The molecule has 1 fully saturated rings. The smallest absolute Gasteiger partial charge is 0.115 e. The molecule has 2 unspecified atom stereocenters. The highest BCUT2D eigenvalue weighted by Gasteiger charge is 2.24. The molecule has 104 valence electrons. The summed E-state index contributed by atoms with van der Waals surface area (Å²) in [6.45, 7) is 3.76. The van der Waals surface area contributed by atoms with Crippen LogP contribution in [0.15, 0.2) is 18.2 Å². The first-order valence-corrected chi connectivity index (χ1v) is 7.07. The summed E-state index contributed by atoms with van der Waals surface area (Å²) < 4.78 is 5.77. The van der Waals surface area contributed by atoms with Gasteiger partial charge >= 0.3 is 0 Å². The molecule has 3 rings (SSSR count). The van der Waals surface area contributed by atoms with Gasteiger partial charge in [0.1, 0.15) is 5.75 Å². The number of phenolic OH excluding ortho intramolecular Hbond substituents is 1. The van der Waals surface area contributed by atoms with Crippen LogP contribution in [0.2, 0.25) is 0 Å². The lowest BCUT2D eigenvalue weighted by atomic mass is 10.1. The van der Waals surface area contributed by atoms with Crippen molar-refractivity contribution in [2.75, 3.05) is 33.3 Å².